The second-order valence-electron chi connectivity index (χ2n) is 6.93. The largest absolute Gasteiger partial charge is 0.494 e. The van der Waals surface area contributed by atoms with Crippen molar-refractivity contribution in [2.45, 2.75) is 39.7 Å². The van der Waals surface area contributed by atoms with Crippen LogP contribution in [0.15, 0.2) is 54.1 Å². The Hall–Kier alpha value is -3.59. The van der Waals surface area contributed by atoms with E-state index in [1.54, 1.807) is 50.2 Å². The second-order valence-corrected chi connectivity index (χ2v) is 6.93. The van der Waals surface area contributed by atoms with Crippen LogP contribution in [0, 0.1) is 11.3 Å². The first-order valence-electron chi connectivity index (χ1n) is 9.90. The summed E-state index contributed by atoms with van der Waals surface area (Å²) < 4.78 is 10.7. The van der Waals surface area contributed by atoms with Crippen molar-refractivity contribution >= 4 is 23.6 Å². The van der Waals surface area contributed by atoms with Crippen molar-refractivity contribution in [3.8, 4) is 11.8 Å². The van der Waals surface area contributed by atoms with E-state index < -0.39 is 11.9 Å². The zero-order valence-electron chi connectivity index (χ0n) is 17.5. The van der Waals surface area contributed by atoms with Crippen molar-refractivity contribution in [2.24, 2.45) is 0 Å². The molecular weight excluding hydrogens is 380 g/mol. The van der Waals surface area contributed by atoms with Crippen LogP contribution in [0.5, 0.6) is 5.75 Å². The molecule has 0 aliphatic carbocycles. The lowest BCUT2D eigenvalue weighted by atomic mass is 10.1. The van der Waals surface area contributed by atoms with Gasteiger partial charge in [-0.25, -0.2) is 4.79 Å². The molecule has 2 aromatic carbocycles. The summed E-state index contributed by atoms with van der Waals surface area (Å²) >= 11 is 0. The number of unbranched alkanes of at least 4 members (excludes halogenated alkanes) is 1. The summed E-state index contributed by atoms with van der Waals surface area (Å²) in [7, 11) is 0. The molecule has 0 unspecified atom stereocenters. The highest BCUT2D eigenvalue weighted by molar-refractivity contribution is 6.09. The lowest BCUT2D eigenvalue weighted by Gasteiger charge is -2.09. The summed E-state index contributed by atoms with van der Waals surface area (Å²) in [6.45, 7) is 6.30. The van der Waals surface area contributed by atoms with E-state index in [1.807, 2.05) is 18.2 Å². The van der Waals surface area contributed by atoms with Crippen molar-refractivity contribution < 1.29 is 19.1 Å². The molecule has 2 rings (SSSR count). The Balaban J connectivity index is 2.02. The number of nitrogens with zero attached hydrogens (tertiary/aromatic N) is 1. The highest BCUT2D eigenvalue weighted by Crippen LogP contribution is 2.17. The van der Waals surface area contributed by atoms with Gasteiger partial charge in [0.05, 0.1) is 18.3 Å². The Morgan fingerprint density at radius 2 is 1.77 bits per heavy atom. The maximum Gasteiger partial charge on any atom is 0.338 e. The van der Waals surface area contributed by atoms with Gasteiger partial charge in [-0.1, -0.05) is 25.5 Å². The fraction of sp³-hybridized carbons (Fsp3) is 0.292. The van der Waals surface area contributed by atoms with Gasteiger partial charge in [-0.2, -0.15) is 5.26 Å². The number of rotatable bonds is 9. The number of hydrogen-bond acceptors (Lipinski definition) is 5. The molecule has 0 atom stereocenters. The van der Waals surface area contributed by atoms with E-state index in [9.17, 15) is 14.9 Å². The van der Waals surface area contributed by atoms with Crippen LogP contribution in [0.4, 0.5) is 5.69 Å². The summed E-state index contributed by atoms with van der Waals surface area (Å²) in [4.78, 5) is 24.3. The zero-order valence-corrected chi connectivity index (χ0v) is 17.5. The minimum Gasteiger partial charge on any atom is -0.494 e. The Labute approximate surface area is 177 Å². The van der Waals surface area contributed by atoms with Gasteiger partial charge in [0.2, 0.25) is 0 Å². The maximum atomic E-state index is 12.4. The highest BCUT2D eigenvalue weighted by atomic mass is 16.5. The molecule has 0 aromatic heterocycles. The SMILES string of the molecule is CCCCOc1ccc(/C=C(\C#N)C(=O)Nc2ccc(C(=O)OC(C)C)cc2)cc1. The minimum atomic E-state index is -0.529. The number of nitrogens with one attached hydrogen (secondary N) is 1. The minimum absolute atomic E-state index is 0.0297. The molecular formula is C24H26N2O4. The Kier molecular flexibility index (Phi) is 8.64. The molecule has 0 saturated heterocycles. The summed E-state index contributed by atoms with van der Waals surface area (Å²) in [6.07, 6.45) is 3.35. The van der Waals surface area contributed by atoms with Crippen molar-refractivity contribution in [1.29, 1.82) is 5.26 Å². The molecule has 0 fully saturated rings. The lowest BCUT2D eigenvalue weighted by molar-refractivity contribution is -0.112. The van der Waals surface area contributed by atoms with Gasteiger partial charge in [-0.05, 0) is 68.3 Å². The van der Waals surface area contributed by atoms with E-state index in [0.717, 1.165) is 24.2 Å². The number of benzene rings is 2. The van der Waals surface area contributed by atoms with Crippen LogP contribution < -0.4 is 10.1 Å². The molecule has 156 valence electrons. The van der Waals surface area contributed by atoms with E-state index in [4.69, 9.17) is 9.47 Å². The second kappa shape index (κ2) is 11.4. The van der Waals surface area contributed by atoms with Crippen LogP contribution in [-0.4, -0.2) is 24.6 Å². The molecule has 1 amide bonds. The smallest absolute Gasteiger partial charge is 0.338 e. The summed E-state index contributed by atoms with van der Waals surface area (Å²) in [5, 5.41) is 12.0. The zero-order chi connectivity index (χ0) is 21.9. The van der Waals surface area contributed by atoms with Gasteiger partial charge in [-0.3, -0.25) is 4.79 Å². The third kappa shape index (κ3) is 7.10. The number of carbonyl (C=O) groups is 2. The topological polar surface area (TPSA) is 88.4 Å². The fourth-order valence-electron chi connectivity index (χ4n) is 2.48. The fourth-order valence-corrected chi connectivity index (χ4v) is 2.48. The molecule has 0 heterocycles. The molecule has 0 spiro atoms. The van der Waals surface area contributed by atoms with Gasteiger partial charge in [0.15, 0.2) is 0 Å². The van der Waals surface area contributed by atoms with Crippen molar-refractivity contribution in [2.75, 3.05) is 11.9 Å². The van der Waals surface area contributed by atoms with E-state index in [-0.39, 0.29) is 11.7 Å². The standard InChI is InChI=1S/C24H26N2O4/c1-4-5-14-29-22-12-6-18(7-13-22)15-20(16-25)23(27)26-21-10-8-19(9-11-21)24(28)30-17(2)3/h6-13,15,17H,4-5,14H2,1-3H3,(H,26,27)/b20-15+. The molecule has 0 bridgehead atoms. The molecule has 0 radical (unpaired) electrons. The van der Waals surface area contributed by atoms with E-state index >= 15 is 0 Å². The lowest BCUT2D eigenvalue weighted by Crippen LogP contribution is -2.14. The normalized spacial score (nSPS) is 11.0. The van der Waals surface area contributed by atoms with E-state index in [0.29, 0.717) is 17.9 Å². The van der Waals surface area contributed by atoms with Crippen LogP contribution in [-0.2, 0) is 9.53 Å². The van der Waals surface area contributed by atoms with Gasteiger partial charge in [0, 0.05) is 5.69 Å². The first-order valence-corrected chi connectivity index (χ1v) is 9.90. The van der Waals surface area contributed by atoms with Gasteiger partial charge in [0.1, 0.15) is 17.4 Å². The summed E-state index contributed by atoms with van der Waals surface area (Å²) in [6, 6.07) is 15.4. The molecule has 2 aromatic rings. The molecule has 0 aliphatic heterocycles. The molecule has 30 heavy (non-hydrogen) atoms. The molecule has 1 N–H and O–H groups in total. The molecule has 6 heteroatoms. The van der Waals surface area contributed by atoms with Crippen LogP contribution >= 0.6 is 0 Å². The number of carbonyl (C=O) groups excluding carboxylic acids is 2. The van der Waals surface area contributed by atoms with Gasteiger partial charge >= 0.3 is 5.97 Å². The summed E-state index contributed by atoms with van der Waals surface area (Å²) in [5.41, 5.74) is 1.55. The van der Waals surface area contributed by atoms with Crippen LogP contribution in [0.3, 0.4) is 0 Å². The number of esters is 1. The Bertz CT molecular complexity index is 923. The molecule has 0 aliphatic rings. The Morgan fingerprint density at radius 3 is 2.33 bits per heavy atom. The van der Waals surface area contributed by atoms with Gasteiger partial charge < -0.3 is 14.8 Å². The quantitative estimate of drug-likeness (QED) is 0.275. The number of anilines is 1. The summed E-state index contributed by atoms with van der Waals surface area (Å²) in [5.74, 6) is -0.208. The first kappa shape index (κ1) is 22.7. The third-order valence-electron chi connectivity index (χ3n) is 4.04. The number of hydrogen-bond donors (Lipinski definition) is 1. The number of amides is 1. The van der Waals surface area contributed by atoms with Crippen LogP contribution in [0.2, 0.25) is 0 Å². The number of nitriles is 1. The third-order valence-corrected chi connectivity index (χ3v) is 4.04. The van der Waals surface area contributed by atoms with Crippen molar-refractivity contribution in [3.63, 3.8) is 0 Å². The van der Waals surface area contributed by atoms with Crippen molar-refractivity contribution in [3.05, 3.63) is 65.2 Å². The highest BCUT2D eigenvalue weighted by Gasteiger charge is 2.12. The number of ether oxygens (including phenoxy) is 2. The van der Waals surface area contributed by atoms with E-state index in [1.165, 1.54) is 6.08 Å². The average molecular weight is 406 g/mol. The molecule has 0 saturated carbocycles. The monoisotopic (exact) mass is 406 g/mol. The van der Waals surface area contributed by atoms with E-state index in [2.05, 4.69) is 12.2 Å². The predicted molar refractivity (Wildman–Crippen MR) is 116 cm³/mol. The molecule has 6 nitrogen and oxygen atoms in total. The van der Waals surface area contributed by atoms with Gasteiger partial charge in [0.25, 0.3) is 5.91 Å². The van der Waals surface area contributed by atoms with Crippen LogP contribution in [0.25, 0.3) is 6.08 Å². The maximum absolute atomic E-state index is 12.4. The van der Waals surface area contributed by atoms with Gasteiger partial charge in [-0.15, -0.1) is 0 Å². The Morgan fingerprint density at radius 1 is 1.10 bits per heavy atom. The first-order chi connectivity index (χ1) is 14.4. The van der Waals surface area contributed by atoms with Crippen molar-refractivity contribution in [1.82, 2.24) is 0 Å². The average Bonchev–Trinajstić information content (AvgIpc) is 2.73. The van der Waals surface area contributed by atoms with Crippen LogP contribution in [0.1, 0.15) is 49.5 Å². The predicted octanol–water partition coefficient (Wildman–Crippen LogP) is 4.98.